The van der Waals surface area contributed by atoms with Gasteiger partial charge in [-0.3, -0.25) is 19.2 Å². The summed E-state index contributed by atoms with van der Waals surface area (Å²) in [6.45, 7) is 2.28. The Morgan fingerprint density at radius 3 is 3.00 bits per heavy atom. The highest BCUT2D eigenvalue weighted by Gasteiger charge is 2.41. The maximum Gasteiger partial charge on any atom is 0.330 e. The van der Waals surface area contributed by atoms with E-state index in [9.17, 15) is 9.59 Å². The van der Waals surface area contributed by atoms with Crippen molar-refractivity contribution in [3.63, 3.8) is 0 Å². The summed E-state index contributed by atoms with van der Waals surface area (Å²) in [7, 11) is 0. The molecule has 0 bridgehead atoms. The fraction of sp³-hybridized carbons (Fsp3) is 0.600. The predicted octanol–water partition coefficient (Wildman–Crippen LogP) is -0.964. The van der Waals surface area contributed by atoms with Crippen LogP contribution >= 0.6 is 0 Å². The zero-order chi connectivity index (χ0) is 12.0. The highest BCUT2D eigenvalue weighted by atomic mass is 16.7. The van der Waals surface area contributed by atoms with E-state index in [1.165, 1.54) is 10.8 Å². The van der Waals surface area contributed by atoms with Gasteiger partial charge in [0, 0.05) is 18.2 Å². The highest BCUT2D eigenvalue weighted by Crippen LogP contribution is 2.31. The number of nitrogens with zero attached hydrogens (tertiary/aromatic N) is 1. The van der Waals surface area contributed by atoms with Gasteiger partial charge in [0.2, 0.25) is 0 Å². The number of aromatic amines is 1. The number of aromatic nitrogens is 2. The Morgan fingerprint density at radius 1 is 1.41 bits per heavy atom. The first-order valence-electron chi connectivity index (χ1n) is 5.51. The van der Waals surface area contributed by atoms with Gasteiger partial charge in [-0.1, -0.05) is 0 Å². The molecule has 2 saturated heterocycles. The number of H-pyrrole nitrogens is 1. The highest BCUT2D eigenvalue weighted by molar-refractivity contribution is 5.02. The van der Waals surface area contributed by atoms with Gasteiger partial charge in [-0.2, -0.15) is 5.48 Å². The first-order valence-corrected chi connectivity index (χ1v) is 5.51. The maximum absolute atomic E-state index is 11.7. The second-order valence-electron chi connectivity index (χ2n) is 4.35. The lowest BCUT2D eigenvalue weighted by Gasteiger charge is -2.14. The number of hydrogen-bond donors (Lipinski definition) is 2. The van der Waals surface area contributed by atoms with Gasteiger partial charge in [0.1, 0.15) is 18.4 Å². The minimum atomic E-state index is -0.446. The zero-order valence-corrected chi connectivity index (χ0v) is 9.30. The van der Waals surface area contributed by atoms with E-state index in [-0.39, 0.29) is 24.0 Å². The van der Waals surface area contributed by atoms with Gasteiger partial charge >= 0.3 is 5.69 Å². The van der Waals surface area contributed by atoms with E-state index in [2.05, 4.69) is 10.5 Å². The molecule has 3 rings (SSSR count). The fourth-order valence-corrected chi connectivity index (χ4v) is 2.22. The molecule has 1 aromatic rings. The van der Waals surface area contributed by atoms with Crippen LogP contribution in [0.5, 0.6) is 0 Å². The van der Waals surface area contributed by atoms with Gasteiger partial charge in [0.25, 0.3) is 5.56 Å². The van der Waals surface area contributed by atoms with Crippen LogP contribution in [0.2, 0.25) is 0 Å². The molecule has 7 heteroatoms. The van der Waals surface area contributed by atoms with Crippen LogP contribution in [-0.4, -0.2) is 28.3 Å². The van der Waals surface area contributed by atoms with Crippen LogP contribution in [0.4, 0.5) is 0 Å². The molecule has 92 valence electrons. The standard InChI is InChI=1S/C10H13N3O4/c1-5-4-13(10(15)12-9(5)14)8-2-6-7(16-8)3-11-17-6/h4,6-8,11H,2-3H2,1H3,(H,12,14,15)/t6-,7-,8-/m1/s1. The van der Waals surface area contributed by atoms with E-state index in [1.807, 2.05) is 0 Å². The Labute approximate surface area is 96.3 Å². The van der Waals surface area contributed by atoms with Crippen LogP contribution in [0.3, 0.4) is 0 Å². The van der Waals surface area contributed by atoms with E-state index < -0.39 is 5.69 Å². The Kier molecular flexibility index (Phi) is 2.39. The number of aryl methyl sites for hydroxylation is 1. The summed E-state index contributed by atoms with van der Waals surface area (Å²) in [4.78, 5) is 30.5. The topological polar surface area (TPSA) is 85.3 Å². The molecule has 2 aliphatic rings. The molecule has 2 N–H and O–H groups in total. The molecule has 2 fully saturated rings. The second kappa shape index (κ2) is 3.80. The number of rotatable bonds is 1. The third kappa shape index (κ3) is 1.72. The molecular weight excluding hydrogens is 226 g/mol. The summed E-state index contributed by atoms with van der Waals surface area (Å²) in [5, 5.41) is 0. The summed E-state index contributed by atoms with van der Waals surface area (Å²) < 4.78 is 7.12. The molecule has 0 radical (unpaired) electrons. The van der Waals surface area contributed by atoms with Gasteiger partial charge in [-0.15, -0.1) is 0 Å². The monoisotopic (exact) mass is 239 g/mol. The first-order chi connectivity index (χ1) is 8.15. The summed E-state index contributed by atoms with van der Waals surface area (Å²) >= 11 is 0. The van der Waals surface area contributed by atoms with Crippen molar-refractivity contribution in [2.75, 3.05) is 6.54 Å². The van der Waals surface area contributed by atoms with Gasteiger partial charge in [0.05, 0.1) is 6.54 Å². The number of hydroxylamine groups is 1. The van der Waals surface area contributed by atoms with E-state index in [0.29, 0.717) is 18.5 Å². The third-order valence-electron chi connectivity index (χ3n) is 3.16. The van der Waals surface area contributed by atoms with Crippen LogP contribution < -0.4 is 16.7 Å². The van der Waals surface area contributed by atoms with Gasteiger partial charge in [-0.05, 0) is 6.92 Å². The lowest BCUT2D eigenvalue weighted by molar-refractivity contribution is 0.00393. The molecular formula is C10H13N3O4. The van der Waals surface area contributed by atoms with Gasteiger partial charge in [-0.25, -0.2) is 4.79 Å². The Balaban J connectivity index is 1.93. The lowest BCUT2D eigenvalue weighted by Crippen LogP contribution is -2.33. The first kappa shape index (κ1) is 10.7. The molecule has 7 nitrogen and oxygen atoms in total. The summed E-state index contributed by atoms with van der Waals surface area (Å²) in [6.07, 6.45) is 1.71. The molecule has 0 aromatic carbocycles. The van der Waals surface area contributed by atoms with Crippen molar-refractivity contribution in [3.8, 4) is 0 Å². The molecule has 0 saturated carbocycles. The van der Waals surface area contributed by atoms with Crippen molar-refractivity contribution >= 4 is 0 Å². The SMILES string of the molecule is Cc1cn([C@H]2C[C@H]3ONC[C@H]3O2)c(=O)[nH]c1=O. The van der Waals surface area contributed by atoms with Crippen LogP contribution in [0.25, 0.3) is 0 Å². The van der Waals surface area contributed by atoms with Crippen molar-refractivity contribution in [2.45, 2.75) is 31.8 Å². The number of ether oxygens (including phenoxy) is 1. The zero-order valence-electron chi connectivity index (χ0n) is 9.30. The molecule has 2 aliphatic heterocycles. The van der Waals surface area contributed by atoms with Crippen LogP contribution in [-0.2, 0) is 9.57 Å². The summed E-state index contributed by atoms with van der Waals surface area (Å²) in [5.74, 6) is 0. The number of fused-ring (bicyclic) bond motifs is 1. The fourth-order valence-electron chi connectivity index (χ4n) is 2.22. The largest absolute Gasteiger partial charge is 0.350 e. The van der Waals surface area contributed by atoms with Crippen molar-refractivity contribution in [3.05, 3.63) is 32.6 Å². The third-order valence-corrected chi connectivity index (χ3v) is 3.16. The molecule has 17 heavy (non-hydrogen) atoms. The van der Waals surface area contributed by atoms with Crippen LogP contribution in [0, 0.1) is 6.92 Å². The molecule has 0 unspecified atom stereocenters. The van der Waals surface area contributed by atoms with E-state index in [0.717, 1.165) is 0 Å². The van der Waals surface area contributed by atoms with Crippen LogP contribution in [0.15, 0.2) is 15.8 Å². The van der Waals surface area contributed by atoms with Crippen LogP contribution in [0.1, 0.15) is 18.2 Å². The van der Waals surface area contributed by atoms with Crippen molar-refractivity contribution < 1.29 is 9.57 Å². The Hall–Kier alpha value is -1.44. The van der Waals surface area contributed by atoms with Gasteiger partial charge in [0.15, 0.2) is 0 Å². The summed E-state index contributed by atoms with van der Waals surface area (Å²) in [6, 6.07) is 0. The molecule has 3 atom stereocenters. The molecule has 0 spiro atoms. The van der Waals surface area contributed by atoms with Crippen molar-refractivity contribution in [1.82, 2.24) is 15.0 Å². The summed E-state index contributed by atoms with van der Waals surface area (Å²) in [5.41, 5.74) is 2.45. The average Bonchev–Trinajstić information content (AvgIpc) is 2.83. The maximum atomic E-state index is 11.7. The number of hydrogen-bond acceptors (Lipinski definition) is 5. The Bertz CT molecular complexity index is 537. The molecule has 0 amide bonds. The van der Waals surface area contributed by atoms with E-state index in [4.69, 9.17) is 9.57 Å². The van der Waals surface area contributed by atoms with E-state index >= 15 is 0 Å². The molecule has 3 heterocycles. The van der Waals surface area contributed by atoms with Crippen molar-refractivity contribution in [1.29, 1.82) is 0 Å². The molecule has 1 aromatic heterocycles. The van der Waals surface area contributed by atoms with E-state index in [1.54, 1.807) is 6.92 Å². The second-order valence-corrected chi connectivity index (χ2v) is 4.35. The minimum absolute atomic E-state index is 0.0286. The Morgan fingerprint density at radius 2 is 2.24 bits per heavy atom. The van der Waals surface area contributed by atoms with Gasteiger partial charge < -0.3 is 4.74 Å². The smallest absolute Gasteiger partial charge is 0.330 e. The lowest BCUT2D eigenvalue weighted by atomic mass is 10.2. The normalized spacial score (nSPS) is 31.7. The van der Waals surface area contributed by atoms with Crippen molar-refractivity contribution in [2.24, 2.45) is 0 Å². The number of nitrogens with one attached hydrogen (secondary N) is 2. The minimum Gasteiger partial charge on any atom is -0.350 e. The average molecular weight is 239 g/mol. The molecule has 0 aliphatic carbocycles. The quantitative estimate of drug-likeness (QED) is 0.659. The predicted molar refractivity (Wildman–Crippen MR) is 57.5 cm³/mol.